The highest BCUT2D eigenvalue weighted by molar-refractivity contribution is 7.13. The van der Waals surface area contributed by atoms with E-state index in [0.717, 1.165) is 16.3 Å². The largest absolute Gasteiger partial charge is 0.494 e. The van der Waals surface area contributed by atoms with E-state index in [1.807, 2.05) is 12.3 Å². The first-order valence-electron chi connectivity index (χ1n) is 6.69. The second-order valence-electron chi connectivity index (χ2n) is 5.84. The van der Waals surface area contributed by atoms with Crippen LogP contribution in [0.1, 0.15) is 36.1 Å². The third-order valence-corrected chi connectivity index (χ3v) is 4.07. The molecule has 1 heterocycles. The molecule has 20 heavy (non-hydrogen) atoms. The number of aryl methyl sites for hydroxylation is 1. The fourth-order valence-corrected chi connectivity index (χ4v) is 2.66. The van der Waals surface area contributed by atoms with Gasteiger partial charge >= 0.3 is 0 Å². The van der Waals surface area contributed by atoms with Crippen LogP contribution in [0.4, 0.5) is 5.69 Å². The number of ether oxygens (including phenoxy) is 1. The van der Waals surface area contributed by atoms with Crippen LogP contribution in [-0.2, 0) is 5.41 Å². The van der Waals surface area contributed by atoms with E-state index >= 15 is 0 Å². The van der Waals surface area contributed by atoms with Crippen LogP contribution in [0.5, 0.6) is 5.75 Å². The van der Waals surface area contributed by atoms with E-state index in [2.05, 4.69) is 57.0 Å². The van der Waals surface area contributed by atoms with Crippen LogP contribution in [0, 0.1) is 6.92 Å². The molecule has 0 amide bonds. The molecule has 0 N–H and O–H groups in total. The maximum Gasteiger partial charge on any atom is 0.144 e. The zero-order chi connectivity index (χ0) is 14.8. The lowest BCUT2D eigenvalue weighted by atomic mass is 9.87. The molecule has 0 saturated heterocycles. The molecular weight excluding hydrogens is 266 g/mol. The Morgan fingerprint density at radius 1 is 1.15 bits per heavy atom. The number of aliphatic imine (C=N–C) groups is 1. The molecule has 0 atom stereocenters. The standard InChI is InChI=1S/C17H21NOS/c1-12-6-8-14(20-12)11-18-15-10-13(17(2,3)4)7-9-16(15)19-5/h6-11H,1-5H3. The molecule has 0 fully saturated rings. The number of rotatable bonds is 3. The molecule has 0 unspecified atom stereocenters. The maximum atomic E-state index is 5.40. The molecule has 106 valence electrons. The van der Waals surface area contributed by atoms with Crippen molar-refractivity contribution in [3.8, 4) is 5.75 Å². The quantitative estimate of drug-likeness (QED) is 0.719. The van der Waals surface area contributed by atoms with Gasteiger partial charge in [0, 0.05) is 16.0 Å². The molecule has 2 nitrogen and oxygen atoms in total. The fraction of sp³-hybridized carbons (Fsp3) is 0.353. The molecule has 0 aliphatic heterocycles. The van der Waals surface area contributed by atoms with E-state index in [9.17, 15) is 0 Å². The van der Waals surface area contributed by atoms with Gasteiger partial charge in [0.25, 0.3) is 0 Å². The Morgan fingerprint density at radius 3 is 2.45 bits per heavy atom. The summed E-state index contributed by atoms with van der Waals surface area (Å²) in [4.78, 5) is 7.05. The number of methoxy groups -OCH3 is 1. The second-order valence-corrected chi connectivity index (χ2v) is 7.16. The SMILES string of the molecule is COc1ccc(C(C)(C)C)cc1N=Cc1ccc(C)s1. The van der Waals surface area contributed by atoms with Crippen LogP contribution in [0.2, 0.25) is 0 Å². The normalized spacial score (nSPS) is 12.1. The summed E-state index contributed by atoms with van der Waals surface area (Å²) in [6.45, 7) is 8.70. The van der Waals surface area contributed by atoms with Gasteiger partial charge in [0.05, 0.1) is 7.11 Å². The third-order valence-electron chi connectivity index (χ3n) is 3.14. The predicted octanol–water partition coefficient (Wildman–Crippen LogP) is 5.11. The van der Waals surface area contributed by atoms with Gasteiger partial charge in [-0.3, -0.25) is 4.99 Å². The van der Waals surface area contributed by atoms with E-state index in [-0.39, 0.29) is 5.41 Å². The van der Waals surface area contributed by atoms with Gasteiger partial charge in [-0.25, -0.2) is 0 Å². The van der Waals surface area contributed by atoms with Gasteiger partial charge in [-0.1, -0.05) is 26.8 Å². The number of nitrogens with zero attached hydrogens (tertiary/aromatic N) is 1. The summed E-state index contributed by atoms with van der Waals surface area (Å²) in [7, 11) is 1.68. The minimum Gasteiger partial charge on any atom is -0.494 e. The summed E-state index contributed by atoms with van der Waals surface area (Å²) in [5.41, 5.74) is 2.24. The molecule has 0 aliphatic carbocycles. The fourth-order valence-electron chi connectivity index (χ4n) is 1.91. The summed E-state index contributed by atoms with van der Waals surface area (Å²) < 4.78 is 5.40. The zero-order valence-electron chi connectivity index (χ0n) is 12.7. The number of benzene rings is 1. The van der Waals surface area contributed by atoms with Crippen LogP contribution in [0.3, 0.4) is 0 Å². The summed E-state index contributed by atoms with van der Waals surface area (Å²) in [5, 5.41) is 0. The third kappa shape index (κ3) is 3.48. The smallest absolute Gasteiger partial charge is 0.144 e. The molecule has 0 bridgehead atoms. The molecular formula is C17H21NOS. The molecule has 0 saturated carbocycles. The summed E-state index contributed by atoms with van der Waals surface area (Å²) in [6, 6.07) is 10.4. The molecule has 0 spiro atoms. The lowest BCUT2D eigenvalue weighted by molar-refractivity contribution is 0.415. The van der Waals surface area contributed by atoms with Gasteiger partial charge in [0.15, 0.2) is 0 Å². The van der Waals surface area contributed by atoms with Crippen molar-refractivity contribution < 1.29 is 4.74 Å². The highest BCUT2D eigenvalue weighted by atomic mass is 32.1. The lowest BCUT2D eigenvalue weighted by Crippen LogP contribution is -2.10. The Labute approximate surface area is 125 Å². The van der Waals surface area contributed by atoms with Crippen molar-refractivity contribution >= 4 is 23.2 Å². The highest BCUT2D eigenvalue weighted by Gasteiger charge is 2.15. The monoisotopic (exact) mass is 287 g/mol. The maximum absolute atomic E-state index is 5.40. The van der Waals surface area contributed by atoms with E-state index in [1.54, 1.807) is 18.4 Å². The predicted molar refractivity (Wildman–Crippen MR) is 88.0 cm³/mol. The molecule has 3 heteroatoms. The van der Waals surface area contributed by atoms with Crippen molar-refractivity contribution in [3.63, 3.8) is 0 Å². The van der Waals surface area contributed by atoms with E-state index < -0.39 is 0 Å². The van der Waals surface area contributed by atoms with Crippen LogP contribution in [0.15, 0.2) is 35.3 Å². The highest BCUT2D eigenvalue weighted by Crippen LogP contribution is 2.33. The van der Waals surface area contributed by atoms with Gasteiger partial charge < -0.3 is 4.74 Å². The van der Waals surface area contributed by atoms with Crippen molar-refractivity contribution in [2.24, 2.45) is 4.99 Å². The minimum atomic E-state index is 0.107. The van der Waals surface area contributed by atoms with Gasteiger partial charge in [-0.15, -0.1) is 11.3 Å². The first kappa shape index (κ1) is 14.8. The van der Waals surface area contributed by atoms with E-state index in [0.29, 0.717) is 0 Å². The first-order chi connectivity index (χ1) is 9.40. The summed E-state index contributed by atoms with van der Waals surface area (Å²) >= 11 is 1.74. The number of thiophene rings is 1. The molecule has 0 radical (unpaired) electrons. The van der Waals surface area contributed by atoms with Gasteiger partial charge in [0.1, 0.15) is 11.4 Å². The second kappa shape index (κ2) is 5.80. The van der Waals surface area contributed by atoms with Crippen LogP contribution in [-0.4, -0.2) is 13.3 Å². The van der Waals surface area contributed by atoms with Crippen molar-refractivity contribution in [2.45, 2.75) is 33.1 Å². The summed E-state index contributed by atoms with van der Waals surface area (Å²) in [5.74, 6) is 0.808. The van der Waals surface area contributed by atoms with E-state index in [1.165, 1.54) is 10.4 Å². The van der Waals surface area contributed by atoms with Gasteiger partial charge in [-0.05, 0) is 42.2 Å². The Kier molecular flexibility index (Phi) is 4.29. The van der Waals surface area contributed by atoms with Crippen molar-refractivity contribution in [2.75, 3.05) is 7.11 Å². The average molecular weight is 287 g/mol. The molecule has 1 aromatic heterocycles. The lowest BCUT2D eigenvalue weighted by Gasteiger charge is -2.20. The topological polar surface area (TPSA) is 21.6 Å². The van der Waals surface area contributed by atoms with Crippen LogP contribution in [0.25, 0.3) is 0 Å². The van der Waals surface area contributed by atoms with Crippen molar-refractivity contribution in [1.29, 1.82) is 0 Å². The van der Waals surface area contributed by atoms with Crippen LogP contribution >= 0.6 is 11.3 Å². The Balaban J connectivity index is 2.36. The molecule has 0 aliphatic rings. The Bertz CT molecular complexity index is 620. The zero-order valence-corrected chi connectivity index (χ0v) is 13.5. The molecule has 1 aromatic carbocycles. The minimum absolute atomic E-state index is 0.107. The van der Waals surface area contributed by atoms with Crippen molar-refractivity contribution in [3.05, 3.63) is 45.6 Å². The molecule has 2 aromatic rings. The molecule has 2 rings (SSSR count). The van der Waals surface area contributed by atoms with Gasteiger partial charge in [0.2, 0.25) is 0 Å². The van der Waals surface area contributed by atoms with Gasteiger partial charge in [-0.2, -0.15) is 0 Å². The Morgan fingerprint density at radius 2 is 1.90 bits per heavy atom. The first-order valence-corrected chi connectivity index (χ1v) is 7.51. The summed E-state index contributed by atoms with van der Waals surface area (Å²) in [6.07, 6.45) is 1.90. The average Bonchev–Trinajstić information content (AvgIpc) is 2.80. The van der Waals surface area contributed by atoms with Crippen molar-refractivity contribution in [1.82, 2.24) is 0 Å². The number of hydrogen-bond acceptors (Lipinski definition) is 3. The Hall–Kier alpha value is -1.61. The van der Waals surface area contributed by atoms with Crippen LogP contribution < -0.4 is 4.74 Å². The van der Waals surface area contributed by atoms with E-state index in [4.69, 9.17) is 4.74 Å². The number of hydrogen-bond donors (Lipinski definition) is 0.